The van der Waals surface area contributed by atoms with E-state index in [1.807, 2.05) is 29.2 Å². The van der Waals surface area contributed by atoms with Gasteiger partial charge in [0.05, 0.1) is 12.6 Å². The zero-order valence-corrected chi connectivity index (χ0v) is 11.4. The molecular formula is C15H22N2O2. The van der Waals surface area contributed by atoms with Crippen LogP contribution >= 0.6 is 0 Å². The molecular weight excluding hydrogens is 240 g/mol. The van der Waals surface area contributed by atoms with Crippen molar-refractivity contribution >= 4 is 11.6 Å². The molecule has 19 heavy (non-hydrogen) atoms. The molecule has 1 heterocycles. The molecule has 1 aliphatic rings. The van der Waals surface area contributed by atoms with E-state index in [4.69, 9.17) is 0 Å². The number of aliphatic hydroxyl groups excluding tert-OH is 1. The van der Waals surface area contributed by atoms with Crippen molar-refractivity contribution < 1.29 is 9.90 Å². The molecule has 1 aliphatic heterocycles. The van der Waals surface area contributed by atoms with Crippen LogP contribution in [-0.4, -0.2) is 41.7 Å². The Labute approximate surface area is 114 Å². The second-order valence-electron chi connectivity index (χ2n) is 5.09. The largest absolute Gasteiger partial charge is 0.392 e. The Kier molecular flexibility index (Phi) is 4.93. The van der Waals surface area contributed by atoms with Crippen molar-refractivity contribution in [1.29, 1.82) is 0 Å². The molecule has 1 saturated heterocycles. The molecule has 1 aromatic carbocycles. The van der Waals surface area contributed by atoms with Gasteiger partial charge >= 0.3 is 0 Å². The number of piperidine rings is 1. The number of rotatable bonds is 4. The summed E-state index contributed by atoms with van der Waals surface area (Å²) in [6.07, 6.45) is 2.42. The summed E-state index contributed by atoms with van der Waals surface area (Å²) in [6.45, 7) is 3.92. The van der Waals surface area contributed by atoms with Gasteiger partial charge in [0, 0.05) is 12.2 Å². The number of nitrogens with one attached hydrogen (secondary N) is 1. The zero-order valence-electron chi connectivity index (χ0n) is 11.4. The van der Waals surface area contributed by atoms with Crippen molar-refractivity contribution in [2.45, 2.75) is 32.3 Å². The van der Waals surface area contributed by atoms with Crippen LogP contribution in [0.4, 0.5) is 5.69 Å². The highest BCUT2D eigenvalue weighted by Gasteiger charge is 2.19. The van der Waals surface area contributed by atoms with E-state index in [1.54, 1.807) is 0 Å². The minimum absolute atomic E-state index is 0.00463. The van der Waals surface area contributed by atoms with E-state index < -0.39 is 0 Å². The number of amides is 1. The lowest BCUT2D eigenvalue weighted by Gasteiger charge is -2.29. The molecule has 0 spiro atoms. The molecule has 2 rings (SSSR count). The van der Waals surface area contributed by atoms with Crippen molar-refractivity contribution in [1.82, 2.24) is 4.90 Å². The number of aliphatic hydroxyl groups is 1. The number of carbonyl (C=O) groups excluding carboxylic acids is 1. The van der Waals surface area contributed by atoms with Crippen LogP contribution in [0.25, 0.3) is 0 Å². The third-order valence-corrected chi connectivity index (χ3v) is 3.52. The summed E-state index contributed by atoms with van der Waals surface area (Å²) in [4.78, 5) is 14.0. The summed E-state index contributed by atoms with van der Waals surface area (Å²) in [5.41, 5.74) is 2.04. The third kappa shape index (κ3) is 4.04. The Morgan fingerprint density at radius 2 is 2.26 bits per heavy atom. The summed E-state index contributed by atoms with van der Waals surface area (Å²) < 4.78 is 0. The predicted molar refractivity (Wildman–Crippen MR) is 76.1 cm³/mol. The maximum Gasteiger partial charge on any atom is 0.238 e. The first-order valence-corrected chi connectivity index (χ1v) is 6.97. The molecule has 4 nitrogen and oxygen atoms in total. The van der Waals surface area contributed by atoms with Gasteiger partial charge in [-0.05, 0) is 37.4 Å². The number of β-amino-alcohol motifs (C(OH)–C–C–N with tert-alkyl or cyclic N) is 1. The zero-order chi connectivity index (χ0) is 13.7. The number of carbonyl (C=O) groups is 1. The van der Waals surface area contributed by atoms with Crippen molar-refractivity contribution in [3.05, 3.63) is 29.8 Å². The molecule has 0 saturated carbocycles. The Bertz CT molecular complexity index is 434. The molecule has 0 aliphatic carbocycles. The molecule has 0 radical (unpaired) electrons. The van der Waals surface area contributed by atoms with Crippen molar-refractivity contribution in [3.63, 3.8) is 0 Å². The fraction of sp³-hybridized carbons (Fsp3) is 0.533. The molecule has 1 unspecified atom stereocenters. The first-order valence-electron chi connectivity index (χ1n) is 6.97. The monoisotopic (exact) mass is 262 g/mol. The molecule has 1 atom stereocenters. The van der Waals surface area contributed by atoms with E-state index in [0.29, 0.717) is 13.1 Å². The van der Waals surface area contributed by atoms with Crippen LogP contribution in [-0.2, 0) is 11.2 Å². The van der Waals surface area contributed by atoms with Gasteiger partial charge in [0.25, 0.3) is 0 Å². The smallest absolute Gasteiger partial charge is 0.238 e. The van der Waals surface area contributed by atoms with E-state index in [-0.39, 0.29) is 12.0 Å². The quantitative estimate of drug-likeness (QED) is 0.867. The summed E-state index contributed by atoms with van der Waals surface area (Å²) in [5.74, 6) is -0.00463. The Balaban J connectivity index is 1.90. The van der Waals surface area contributed by atoms with Crippen LogP contribution in [0.3, 0.4) is 0 Å². The first kappa shape index (κ1) is 14.0. The normalized spacial score (nSPS) is 20.2. The van der Waals surface area contributed by atoms with Crippen LogP contribution in [0, 0.1) is 0 Å². The van der Waals surface area contributed by atoms with Crippen molar-refractivity contribution in [2.24, 2.45) is 0 Å². The van der Waals surface area contributed by atoms with Crippen LogP contribution in [0.1, 0.15) is 25.3 Å². The molecule has 2 N–H and O–H groups in total. The standard InChI is InChI=1S/C15H22N2O2/c1-2-12-6-3-4-8-14(12)16-15(19)11-17-9-5-7-13(18)10-17/h3-4,6,8,13,18H,2,5,7,9-11H2,1H3,(H,16,19). The van der Waals surface area contributed by atoms with Gasteiger partial charge in [0.2, 0.25) is 5.91 Å². The van der Waals surface area contributed by atoms with Crippen LogP contribution in [0.2, 0.25) is 0 Å². The molecule has 0 aromatic heterocycles. The number of likely N-dealkylation sites (tertiary alicyclic amines) is 1. The molecule has 1 amide bonds. The highest BCUT2D eigenvalue weighted by molar-refractivity contribution is 5.93. The number of para-hydroxylation sites is 1. The second kappa shape index (κ2) is 6.68. The van der Waals surface area contributed by atoms with Crippen LogP contribution in [0.15, 0.2) is 24.3 Å². The lowest BCUT2D eigenvalue weighted by atomic mass is 10.1. The summed E-state index contributed by atoms with van der Waals surface area (Å²) in [6, 6.07) is 7.87. The second-order valence-corrected chi connectivity index (χ2v) is 5.09. The average molecular weight is 262 g/mol. The lowest BCUT2D eigenvalue weighted by molar-refractivity contribution is -0.118. The fourth-order valence-electron chi connectivity index (χ4n) is 2.52. The maximum atomic E-state index is 12.0. The summed E-state index contributed by atoms with van der Waals surface area (Å²) in [5, 5.41) is 12.6. The number of benzene rings is 1. The summed E-state index contributed by atoms with van der Waals surface area (Å²) in [7, 11) is 0. The van der Waals surface area contributed by atoms with E-state index in [2.05, 4.69) is 12.2 Å². The third-order valence-electron chi connectivity index (χ3n) is 3.52. The van der Waals surface area contributed by atoms with Gasteiger partial charge in [0.15, 0.2) is 0 Å². The summed E-state index contributed by atoms with van der Waals surface area (Å²) >= 11 is 0. The van der Waals surface area contributed by atoms with E-state index in [9.17, 15) is 9.90 Å². The molecule has 1 fully saturated rings. The number of nitrogens with zero attached hydrogens (tertiary/aromatic N) is 1. The van der Waals surface area contributed by atoms with E-state index >= 15 is 0 Å². The minimum Gasteiger partial charge on any atom is -0.392 e. The Morgan fingerprint density at radius 3 is 3.00 bits per heavy atom. The minimum atomic E-state index is -0.288. The van der Waals surface area contributed by atoms with Crippen LogP contribution < -0.4 is 5.32 Å². The van der Waals surface area contributed by atoms with Gasteiger partial charge in [-0.15, -0.1) is 0 Å². The number of anilines is 1. The van der Waals surface area contributed by atoms with Gasteiger partial charge in [-0.3, -0.25) is 9.69 Å². The molecule has 1 aromatic rings. The van der Waals surface area contributed by atoms with Gasteiger partial charge < -0.3 is 10.4 Å². The van der Waals surface area contributed by atoms with E-state index in [1.165, 1.54) is 0 Å². The van der Waals surface area contributed by atoms with Gasteiger partial charge in [0.1, 0.15) is 0 Å². The van der Waals surface area contributed by atoms with E-state index in [0.717, 1.165) is 37.1 Å². The number of aryl methyl sites for hydroxylation is 1. The van der Waals surface area contributed by atoms with Gasteiger partial charge in [-0.2, -0.15) is 0 Å². The van der Waals surface area contributed by atoms with Crippen molar-refractivity contribution in [2.75, 3.05) is 25.0 Å². The first-order chi connectivity index (χ1) is 9.19. The fourth-order valence-corrected chi connectivity index (χ4v) is 2.52. The highest BCUT2D eigenvalue weighted by Crippen LogP contribution is 2.16. The van der Waals surface area contributed by atoms with Gasteiger partial charge in [-0.1, -0.05) is 25.1 Å². The lowest BCUT2D eigenvalue weighted by Crippen LogP contribution is -2.42. The van der Waals surface area contributed by atoms with Gasteiger partial charge in [-0.25, -0.2) is 0 Å². The number of hydrogen-bond acceptors (Lipinski definition) is 3. The van der Waals surface area contributed by atoms with Crippen LogP contribution in [0.5, 0.6) is 0 Å². The molecule has 0 bridgehead atoms. The SMILES string of the molecule is CCc1ccccc1NC(=O)CN1CCCC(O)C1. The van der Waals surface area contributed by atoms with Crippen molar-refractivity contribution in [3.8, 4) is 0 Å². The Morgan fingerprint density at radius 1 is 1.47 bits per heavy atom. The average Bonchev–Trinajstić information content (AvgIpc) is 2.39. The maximum absolute atomic E-state index is 12.0. The number of hydrogen-bond donors (Lipinski definition) is 2. The predicted octanol–water partition coefficient (Wildman–Crippen LogP) is 1.64. The highest BCUT2D eigenvalue weighted by atomic mass is 16.3. The molecule has 104 valence electrons. The topological polar surface area (TPSA) is 52.6 Å². The molecule has 4 heteroatoms. The Hall–Kier alpha value is -1.39.